The van der Waals surface area contributed by atoms with Crippen molar-refractivity contribution in [3.63, 3.8) is 0 Å². The average Bonchev–Trinajstić information content (AvgIpc) is 2.96. The van der Waals surface area contributed by atoms with Crippen LogP contribution in [0.15, 0.2) is 12.4 Å². The highest BCUT2D eigenvalue weighted by molar-refractivity contribution is 5.18. The molecule has 0 amide bonds. The van der Waals surface area contributed by atoms with E-state index in [0.29, 0.717) is 12.1 Å². The van der Waals surface area contributed by atoms with E-state index in [9.17, 15) is 5.26 Å². The third kappa shape index (κ3) is 2.86. The van der Waals surface area contributed by atoms with Gasteiger partial charge in [-0.25, -0.2) is 0 Å². The third-order valence-corrected chi connectivity index (χ3v) is 3.37. The minimum absolute atomic E-state index is 0.217. The quantitative estimate of drug-likeness (QED) is 0.868. The summed E-state index contributed by atoms with van der Waals surface area (Å²) in [4.78, 5) is 0. The zero-order valence-electron chi connectivity index (χ0n) is 10.6. The van der Waals surface area contributed by atoms with Crippen molar-refractivity contribution in [3.05, 3.63) is 18.0 Å². The molecule has 1 fully saturated rings. The molecule has 92 valence electrons. The predicted octanol–water partition coefficient (Wildman–Crippen LogP) is 2.56. The Morgan fingerprint density at radius 3 is 2.71 bits per heavy atom. The van der Waals surface area contributed by atoms with E-state index in [1.807, 2.05) is 10.9 Å². The lowest BCUT2D eigenvalue weighted by Gasteiger charge is -2.15. The molecule has 0 saturated heterocycles. The number of rotatable bonds is 4. The second-order valence-electron chi connectivity index (χ2n) is 5.06. The molecule has 2 rings (SSSR count). The van der Waals surface area contributed by atoms with Crippen LogP contribution in [0, 0.1) is 11.3 Å². The third-order valence-electron chi connectivity index (χ3n) is 3.37. The maximum absolute atomic E-state index is 9.24. The Morgan fingerprint density at radius 2 is 2.18 bits per heavy atom. The van der Waals surface area contributed by atoms with Gasteiger partial charge in [-0.2, -0.15) is 10.4 Å². The maximum atomic E-state index is 9.24. The molecule has 0 radical (unpaired) electrons. The molecule has 0 spiro atoms. The van der Waals surface area contributed by atoms with E-state index in [1.54, 1.807) is 6.20 Å². The largest absolute Gasteiger partial charge is 0.295 e. The van der Waals surface area contributed by atoms with Gasteiger partial charge < -0.3 is 0 Å². The zero-order valence-corrected chi connectivity index (χ0v) is 10.6. The summed E-state index contributed by atoms with van der Waals surface area (Å²) in [7, 11) is 0. The highest BCUT2D eigenvalue weighted by atomic mass is 15.3. The molecule has 1 aromatic heterocycles. The minimum atomic E-state index is -0.217. The maximum Gasteiger partial charge on any atom is 0.124 e. The fourth-order valence-corrected chi connectivity index (χ4v) is 2.32. The molecule has 17 heavy (non-hydrogen) atoms. The van der Waals surface area contributed by atoms with Crippen LogP contribution in [0.25, 0.3) is 0 Å². The van der Waals surface area contributed by atoms with Crippen molar-refractivity contribution < 1.29 is 0 Å². The monoisotopic (exact) mass is 232 g/mol. The first-order valence-corrected chi connectivity index (χ1v) is 6.40. The summed E-state index contributed by atoms with van der Waals surface area (Å²) in [6.45, 7) is 4.17. The first-order valence-electron chi connectivity index (χ1n) is 6.40. The average molecular weight is 232 g/mol. The number of nitrogens with one attached hydrogen (secondary N) is 1. The minimum Gasteiger partial charge on any atom is -0.295 e. The predicted molar refractivity (Wildman–Crippen MR) is 66.4 cm³/mol. The second-order valence-corrected chi connectivity index (χ2v) is 5.06. The molecule has 1 unspecified atom stereocenters. The molecule has 1 aliphatic carbocycles. The van der Waals surface area contributed by atoms with Crippen LogP contribution < -0.4 is 5.32 Å². The Kier molecular flexibility index (Phi) is 3.80. The van der Waals surface area contributed by atoms with E-state index in [0.717, 1.165) is 5.56 Å². The summed E-state index contributed by atoms with van der Waals surface area (Å²) in [5.74, 6) is 0. The highest BCUT2D eigenvalue weighted by Gasteiger charge is 2.21. The Bertz CT molecular complexity index is 396. The molecule has 1 atom stereocenters. The Hall–Kier alpha value is -1.34. The molecule has 4 nitrogen and oxygen atoms in total. The molecule has 1 aliphatic rings. The SMILES string of the molecule is CC(C)n1cc(C(C#N)NC2CCCC2)cn1. The fraction of sp³-hybridized carbons (Fsp3) is 0.692. The van der Waals surface area contributed by atoms with Crippen molar-refractivity contribution in [1.29, 1.82) is 5.26 Å². The Labute approximate surface area is 103 Å². The van der Waals surface area contributed by atoms with Crippen LogP contribution in [0.3, 0.4) is 0 Å². The zero-order chi connectivity index (χ0) is 12.3. The van der Waals surface area contributed by atoms with E-state index < -0.39 is 0 Å². The van der Waals surface area contributed by atoms with Crippen LogP contribution >= 0.6 is 0 Å². The van der Waals surface area contributed by atoms with Gasteiger partial charge >= 0.3 is 0 Å². The van der Waals surface area contributed by atoms with E-state index in [1.165, 1.54) is 25.7 Å². The van der Waals surface area contributed by atoms with Gasteiger partial charge in [-0.3, -0.25) is 10.00 Å². The lowest BCUT2D eigenvalue weighted by atomic mass is 10.1. The second kappa shape index (κ2) is 5.33. The summed E-state index contributed by atoms with van der Waals surface area (Å²) in [5.41, 5.74) is 0.980. The van der Waals surface area contributed by atoms with Crippen LogP contribution in [-0.4, -0.2) is 15.8 Å². The summed E-state index contributed by atoms with van der Waals surface area (Å²) in [6, 6.07) is 2.96. The molecule has 1 saturated carbocycles. The number of aromatic nitrogens is 2. The van der Waals surface area contributed by atoms with Crippen molar-refractivity contribution in [1.82, 2.24) is 15.1 Å². The van der Waals surface area contributed by atoms with Gasteiger partial charge in [-0.15, -0.1) is 0 Å². The number of hydrogen-bond acceptors (Lipinski definition) is 3. The molecule has 0 aliphatic heterocycles. The first kappa shape index (κ1) is 12.1. The number of nitriles is 1. The van der Waals surface area contributed by atoms with E-state index in [4.69, 9.17) is 0 Å². The van der Waals surface area contributed by atoms with Gasteiger partial charge in [0, 0.05) is 23.8 Å². The molecule has 0 bridgehead atoms. The van der Waals surface area contributed by atoms with Crippen molar-refractivity contribution in [3.8, 4) is 6.07 Å². The van der Waals surface area contributed by atoms with E-state index in [-0.39, 0.29) is 6.04 Å². The first-order chi connectivity index (χ1) is 8.20. The van der Waals surface area contributed by atoms with Crippen molar-refractivity contribution in [2.45, 2.75) is 57.7 Å². The molecule has 1 N–H and O–H groups in total. The highest BCUT2D eigenvalue weighted by Crippen LogP contribution is 2.22. The molecule has 1 heterocycles. The van der Waals surface area contributed by atoms with Crippen LogP contribution in [0.4, 0.5) is 0 Å². The molecule has 1 aromatic rings. The Morgan fingerprint density at radius 1 is 1.47 bits per heavy atom. The molecular weight excluding hydrogens is 212 g/mol. The van der Waals surface area contributed by atoms with Crippen molar-refractivity contribution >= 4 is 0 Å². The van der Waals surface area contributed by atoms with Gasteiger partial charge in [-0.05, 0) is 26.7 Å². The van der Waals surface area contributed by atoms with E-state index >= 15 is 0 Å². The molecule has 4 heteroatoms. The molecule has 0 aromatic carbocycles. The van der Waals surface area contributed by atoms with Crippen molar-refractivity contribution in [2.75, 3.05) is 0 Å². The van der Waals surface area contributed by atoms with Crippen LogP contribution in [-0.2, 0) is 0 Å². The summed E-state index contributed by atoms with van der Waals surface area (Å²) in [5, 5.41) is 16.9. The smallest absolute Gasteiger partial charge is 0.124 e. The van der Waals surface area contributed by atoms with Gasteiger partial charge in [0.15, 0.2) is 0 Å². The summed E-state index contributed by atoms with van der Waals surface area (Å²) >= 11 is 0. The van der Waals surface area contributed by atoms with Gasteiger partial charge in [0.25, 0.3) is 0 Å². The van der Waals surface area contributed by atoms with Gasteiger partial charge in [0.1, 0.15) is 6.04 Å². The standard InChI is InChI=1S/C13H20N4/c1-10(2)17-9-11(8-15-17)13(7-14)16-12-5-3-4-6-12/h8-10,12-13,16H,3-6H2,1-2H3. The van der Waals surface area contributed by atoms with Crippen LogP contribution in [0.1, 0.15) is 57.2 Å². The van der Waals surface area contributed by atoms with Gasteiger partial charge in [-0.1, -0.05) is 12.8 Å². The topological polar surface area (TPSA) is 53.6 Å². The number of hydrogen-bond donors (Lipinski definition) is 1. The fourth-order valence-electron chi connectivity index (χ4n) is 2.32. The summed E-state index contributed by atoms with van der Waals surface area (Å²) in [6.07, 6.45) is 8.71. The lowest BCUT2D eigenvalue weighted by Crippen LogP contribution is -2.29. The Balaban J connectivity index is 2.03. The van der Waals surface area contributed by atoms with Crippen LogP contribution in [0.2, 0.25) is 0 Å². The van der Waals surface area contributed by atoms with Crippen LogP contribution in [0.5, 0.6) is 0 Å². The lowest BCUT2D eigenvalue weighted by molar-refractivity contribution is 0.490. The van der Waals surface area contributed by atoms with Crippen molar-refractivity contribution in [2.24, 2.45) is 0 Å². The number of nitrogens with zero attached hydrogens (tertiary/aromatic N) is 3. The summed E-state index contributed by atoms with van der Waals surface area (Å²) < 4.78 is 1.90. The van der Waals surface area contributed by atoms with E-state index in [2.05, 4.69) is 30.3 Å². The van der Waals surface area contributed by atoms with Gasteiger partial charge in [0.05, 0.1) is 12.3 Å². The van der Waals surface area contributed by atoms with Gasteiger partial charge in [0.2, 0.25) is 0 Å². The molecular formula is C13H20N4. The normalized spacial score (nSPS) is 18.5.